The van der Waals surface area contributed by atoms with Crippen LogP contribution in [-0.2, 0) is 9.84 Å². The van der Waals surface area contributed by atoms with Gasteiger partial charge in [-0.2, -0.15) is 13.2 Å². The zero-order chi connectivity index (χ0) is 10.5. The Morgan fingerprint density at radius 3 is 1.92 bits per heavy atom. The van der Waals surface area contributed by atoms with Crippen molar-refractivity contribution < 1.29 is 30.4 Å². The molecule has 78 valence electrons. The Bertz CT molecular complexity index is 307. The average molecular weight is 224 g/mol. The van der Waals surface area contributed by atoms with Crippen LogP contribution in [0.4, 0.5) is 22.0 Å². The predicted octanol–water partition coefficient (Wildman–Crippen LogP) is 1.02. The molecule has 0 N–H and O–H groups in total. The van der Waals surface area contributed by atoms with Gasteiger partial charge in [0.1, 0.15) is 0 Å². The number of hydrogen-bond acceptors (Lipinski definition) is 2. The lowest BCUT2D eigenvalue weighted by Gasteiger charge is -2.23. The summed E-state index contributed by atoms with van der Waals surface area (Å²) >= 11 is 0. The maximum absolute atomic E-state index is 12.8. The molecule has 0 aromatic carbocycles. The maximum atomic E-state index is 12.8. The van der Waals surface area contributed by atoms with Crippen LogP contribution in [0.25, 0.3) is 0 Å². The first kappa shape index (κ1) is 10.7. The summed E-state index contributed by atoms with van der Waals surface area (Å²) in [6.07, 6.45) is -8.49. The van der Waals surface area contributed by atoms with Crippen LogP contribution in [0, 0.1) is 0 Å². The van der Waals surface area contributed by atoms with Gasteiger partial charge in [0.15, 0.2) is 16.0 Å². The standard InChI is InChI=1S/C5H5F5O2S/c6-3-1-13(11,12)2-4(3,7)5(8,9)10/h3H,1-2H2. The SMILES string of the molecule is O=S1(=O)CC(F)C(F)(C(F)(F)F)C1. The van der Waals surface area contributed by atoms with Crippen LogP contribution in [0.1, 0.15) is 0 Å². The normalized spacial score (nSPS) is 39.3. The second-order valence-electron chi connectivity index (χ2n) is 2.88. The molecule has 0 bridgehead atoms. The minimum atomic E-state index is -5.48. The molecule has 1 heterocycles. The van der Waals surface area contributed by atoms with Crippen molar-refractivity contribution in [3.05, 3.63) is 0 Å². The largest absolute Gasteiger partial charge is 0.426 e. The molecule has 8 heteroatoms. The topological polar surface area (TPSA) is 34.1 Å². The van der Waals surface area contributed by atoms with E-state index < -0.39 is 39.4 Å². The molecule has 1 saturated heterocycles. The van der Waals surface area contributed by atoms with E-state index in [1.54, 1.807) is 0 Å². The average Bonchev–Trinajstić information content (AvgIpc) is 2.00. The molecule has 0 spiro atoms. The summed E-state index contributed by atoms with van der Waals surface area (Å²) in [6.45, 7) is 0. The molecule has 2 nitrogen and oxygen atoms in total. The van der Waals surface area contributed by atoms with E-state index in [-0.39, 0.29) is 0 Å². The van der Waals surface area contributed by atoms with Crippen molar-refractivity contribution in [3.63, 3.8) is 0 Å². The first-order valence-corrected chi connectivity index (χ1v) is 5.01. The van der Waals surface area contributed by atoms with Crippen LogP contribution in [-0.4, -0.2) is 37.9 Å². The van der Waals surface area contributed by atoms with Crippen LogP contribution in [0.5, 0.6) is 0 Å². The van der Waals surface area contributed by atoms with Gasteiger partial charge in [0.2, 0.25) is 0 Å². The van der Waals surface area contributed by atoms with E-state index in [9.17, 15) is 30.4 Å². The van der Waals surface area contributed by atoms with Crippen LogP contribution < -0.4 is 0 Å². The second-order valence-corrected chi connectivity index (χ2v) is 4.99. The van der Waals surface area contributed by atoms with Crippen molar-refractivity contribution in [2.75, 3.05) is 11.5 Å². The Hall–Kier alpha value is -0.400. The number of hydrogen-bond donors (Lipinski definition) is 0. The number of halogens is 5. The molecular formula is C5H5F5O2S. The molecule has 0 aliphatic carbocycles. The molecular weight excluding hydrogens is 219 g/mol. The van der Waals surface area contributed by atoms with Crippen LogP contribution in [0.3, 0.4) is 0 Å². The van der Waals surface area contributed by atoms with E-state index in [0.717, 1.165) is 0 Å². The van der Waals surface area contributed by atoms with E-state index >= 15 is 0 Å². The molecule has 0 aromatic heterocycles. The molecule has 1 aliphatic heterocycles. The third kappa shape index (κ3) is 1.63. The molecule has 2 unspecified atom stereocenters. The highest BCUT2D eigenvalue weighted by atomic mass is 32.2. The molecule has 1 rings (SSSR count). The van der Waals surface area contributed by atoms with Crippen LogP contribution in [0.2, 0.25) is 0 Å². The summed E-state index contributed by atoms with van der Waals surface area (Å²) in [5.74, 6) is -3.21. The van der Waals surface area contributed by atoms with Gasteiger partial charge in [-0.25, -0.2) is 17.2 Å². The van der Waals surface area contributed by atoms with Gasteiger partial charge in [-0.1, -0.05) is 0 Å². The van der Waals surface area contributed by atoms with Crippen molar-refractivity contribution in [1.82, 2.24) is 0 Å². The first-order valence-electron chi connectivity index (χ1n) is 3.19. The van der Waals surface area contributed by atoms with E-state index in [4.69, 9.17) is 0 Å². The monoisotopic (exact) mass is 224 g/mol. The van der Waals surface area contributed by atoms with Gasteiger partial charge in [0, 0.05) is 0 Å². The second kappa shape index (κ2) is 2.55. The van der Waals surface area contributed by atoms with E-state index in [0.29, 0.717) is 0 Å². The Morgan fingerprint density at radius 2 is 1.77 bits per heavy atom. The molecule has 1 fully saturated rings. The molecule has 2 atom stereocenters. The first-order chi connectivity index (χ1) is 5.58. The van der Waals surface area contributed by atoms with Crippen molar-refractivity contribution in [2.45, 2.75) is 18.0 Å². The van der Waals surface area contributed by atoms with Gasteiger partial charge in [0.25, 0.3) is 5.67 Å². The minimum absolute atomic E-state index is 1.40. The molecule has 0 aromatic rings. The van der Waals surface area contributed by atoms with Crippen molar-refractivity contribution in [2.24, 2.45) is 0 Å². The van der Waals surface area contributed by atoms with Gasteiger partial charge >= 0.3 is 6.18 Å². The number of sulfone groups is 1. The Morgan fingerprint density at radius 1 is 1.31 bits per heavy atom. The summed E-state index contributed by atoms with van der Waals surface area (Å²) < 4.78 is 81.9. The number of rotatable bonds is 0. The molecule has 1 aliphatic rings. The zero-order valence-electron chi connectivity index (χ0n) is 6.11. The maximum Gasteiger partial charge on any atom is 0.426 e. The summed E-state index contributed by atoms with van der Waals surface area (Å²) in [7, 11) is -4.26. The molecule has 13 heavy (non-hydrogen) atoms. The smallest absolute Gasteiger partial charge is 0.242 e. The van der Waals surface area contributed by atoms with E-state index in [1.165, 1.54) is 0 Å². The Labute approximate surface area is 70.6 Å². The van der Waals surface area contributed by atoms with Crippen LogP contribution >= 0.6 is 0 Å². The highest BCUT2D eigenvalue weighted by Gasteiger charge is 2.68. The Balaban J connectivity index is 3.08. The highest BCUT2D eigenvalue weighted by Crippen LogP contribution is 2.43. The quantitative estimate of drug-likeness (QED) is 0.576. The summed E-state index contributed by atoms with van der Waals surface area (Å²) in [5.41, 5.74) is -4.23. The Kier molecular flexibility index (Phi) is 2.10. The fourth-order valence-corrected chi connectivity index (χ4v) is 2.90. The molecule has 0 amide bonds. The van der Waals surface area contributed by atoms with E-state index in [2.05, 4.69) is 0 Å². The minimum Gasteiger partial charge on any atom is -0.242 e. The lowest BCUT2D eigenvalue weighted by Crippen LogP contribution is -2.48. The third-order valence-electron chi connectivity index (χ3n) is 1.80. The lowest BCUT2D eigenvalue weighted by molar-refractivity contribution is -0.235. The number of alkyl halides is 5. The summed E-state index contributed by atoms with van der Waals surface area (Å²) in [4.78, 5) is 0. The van der Waals surface area contributed by atoms with E-state index in [1.807, 2.05) is 0 Å². The predicted molar refractivity (Wildman–Crippen MR) is 33.4 cm³/mol. The van der Waals surface area contributed by atoms with Gasteiger partial charge in [-0.3, -0.25) is 0 Å². The summed E-state index contributed by atoms with van der Waals surface area (Å²) in [6, 6.07) is 0. The molecule has 0 radical (unpaired) electrons. The lowest BCUT2D eigenvalue weighted by atomic mass is 10.0. The van der Waals surface area contributed by atoms with Gasteiger partial charge < -0.3 is 0 Å². The van der Waals surface area contributed by atoms with Crippen molar-refractivity contribution in [1.29, 1.82) is 0 Å². The van der Waals surface area contributed by atoms with Crippen molar-refractivity contribution in [3.8, 4) is 0 Å². The van der Waals surface area contributed by atoms with Gasteiger partial charge in [0.05, 0.1) is 11.5 Å². The van der Waals surface area contributed by atoms with Crippen molar-refractivity contribution >= 4 is 9.84 Å². The van der Waals surface area contributed by atoms with Gasteiger partial charge in [-0.05, 0) is 0 Å². The highest BCUT2D eigenvalue weighted by molar-refractivity contribution is 7.91. The van der Waals surface area contributed by atoms with Crippen LogP contribution in [0.15, 0.2) is 0 Å². The fraction of sp³-hybridized carbons (Fsp3) is 1.00. The zero-order valence-corrected chi connectivity index (χ0v) is 6.92. The van der Waals surface area contributed by atoms with Gasteiger partial charge in [-0.15, -0.1) is 0 Å². The molecule has 0 saturated carbocycles. The summed E-state index contributed by atoms with van der Waals surface area (Å²) in [5, 5.41) is 0. The fourth-order valence-electron chi connectivity index (χ4n) is 1.08. The third-order valence-corrected chi connectivity index (χ3v) is 3.46.